The standard InChI is InChI=1S/C15H18Cl2N4O3/c1-21(8-13(23)20-15(24)18-9-5-6-9)7-12(22)19-14-10(16)3-2-4-11(14)17/h2-4,9H,5-8H2,1H3,(H,19,22)(H2,18,20,23,24). The fourth-order valence-electron chi connectivity index (χ4n) is 1.96. The molecule has 3 N–H and O–H groups in total. The lowest BCUT2D eigenvalue weighted by molar-refractivity contribution is -0.122. The average Bonchev–Trinajstić information content (AvgIpc) is 3.26. The Morgan fingerprint density at radius 2 is 1.71 bits per heavy atom. The summed E-state index contributed by atoms with van der Waals surface area (Å²) in [5.41, 5.74) is 0.326. The number of hydrogen-bond donors (Lipinski definition) is 3. The van der Waals surface area contributed by atoms with Crippen LogP contribution in [0.25, 0.3) is 0 Å². The fourth-order valence-corrected chi connectivity index (χ4v) is 2.45. The van der Waals surface area contributed by atoms with Crippen molar-refractivity contribution in [2.24, 2.45) is 0 Å². The lowest BCUT2D eigenvalue weighted by Crippen LogP contribution is -2.45. The maximum absolute atomic E-state index is 12.0. The molecule has 0 aromatic heterocycles. The number of carbonyl (C=O) groups excluding carboxylic acids is 3. The molecule has 0 saturated heterocycles. The zero-order chi connectivity index (χ0) is 17.7. The molecular formula is C15H18Cl2N4O3. The number of amides is 4. The van der Waals surface area contributed by atoms with Crippen molar-refractivity contribution in [2.45, 2.75) is 18.9 Å². The Kier molecular flexibility index (Phi) is 6.42. The first kappa shape index (κ1) is 18.5. The van der Waals surface area contributed by atoms with Gasteiger partial charge in [-0.15, -0.1) is 0 Å². The van der Waals surface area contributed by atoms with Crippen molar-refractivity contribution in [2.75, 3.05) is 25.5 Å². The predicted octanol–water partition coefficient (Wildman–Crippen LogP) is 1.85. The van der Waals surface area contributed by atoms with Crippen LogP contribution in [0.4, 0.5) is 10.5 Å². The molecule has 2 rings (SSSR count). The van der Waals surface area contributed by atoms with Crippen molar-refractivity contribution >= 4 is 46.7 Å². The van der Waals surface area contributed by atoms with Gasteiger partial charge < -0.3 is 10.6 Å². The van der Waals surface area contributed by atoms with Crippen LogP contribution >= 0.6 is 23.2 Å². The van der Waals surface area contributed by atoms with E-state index in [1.807, 2.05) is 0 Å². The van der Waals surface area contributed by atoms with Gasteiger partial charge in [-0.1, -0.05) is 29.3 Å². The largest absolute Gasteiger partial charge is 0.335 e. The van der Waals surface area contributed by atoms with E-state index < -0.39 is 11.9 Å². The molecule has 1 saturated carbocycles. The Morgan fingerprint density at radius 3 is 2.29 bits per heavy atom. The van der Waals surface area contributed by atoms with Crippen LogP contribution in [0.5, 0.6) is 0 Å². The molecule has 9 heteroatoms. The first-order valence-corrected chi connectivity index (χ1v) is 8.13. The second-order valence-corrected chi connectivity index (χ2v) is 6.43. The number of urea groups is 1. The summed E-state index contributed by atoms with van der Waals surface area (Å²) >= 11 is 12.0. The molecule has 0 heterocycles. The number of anilines is 1. The Balaban J connectivity index is 1.76. The minimum Gasteiger partial charge on any atom is -0.335 e. The molecule has 0 spiro atoms. The van der Waals surface area contributed by atoms with Gasteiger partial charge in [0.1, 0.15) is 0 Å². The van der Waals surface area contributed by atoms with E-state index in [9.17, 15) is 14.4 Å². The van der Waals surface area contributed by atoms with Gasteiger partial charge in [-0.05, 0) is 32.0 Å². The molecule has 4 amide bonds. The van der Waals surface area contributed by atoms with Gasteiger partial charge in [-0.3, -0.25) is 19.8 Å². The number of carbonyl (C=O) groups is 3. The summed E-state index contributed by atoms with van der Waals surface area (Å²) in [6, 6.07) is 4.55. The minimum absolute atomic E-state index is 0.0563. The smallest absolute Gasteiger partial charge is 0.321 e. The normalized spacial score (nSPS) is 13.5. The van der Waals surface area contributed by atoms with Crippen molar-refractivity contribution in [3.8, 4) is 0 Å². The number of benzene rings is 1. The Bertz CT molecular complexity index is 629. The van der Waals surface area contributed by atoms with Gasteiger partial charge in [0.05, 0.1) is 28.8 Å². The molecule has 0 radical (unpaired) electrons. The third kappa shape index (κ3) is 5.99. The summed E-state index contributed by atoms with van der Waals surface area (Å²) in [5, 5.41) is 8.12. The van der Waals surface area contributed by atoms with Crippen molar-refractivity contribution in [3.63, 3.8) is 0 Å². The predicted molar refractivity (Wildman–Crippen MR) is 92.3 cm³/mol. The first-order valence-electron chi connectivity index (χ1n) is 7.38. The molecule has 7 nitrogen and oxygen atoms in total. The highest BCUT2D eigenvalue weighted by Crippen LogP contribution is 2.29. The van der Waals surface area contributed by atoms with Crippen LogP contribution in [0.3, 0.4) is 0 Å². The number of halogens is 2. The molecule has 0 atom stereocenters. The summed E-state index contributed by atoms with van der Waals surface area (Å²) in [6.45, 7) is -0.152. The molecule has 1 aromatic carbocycles. The van der Waals surface area contributed by atoms with E-state index in [-0.39, 0.29) is 25.0 Å². The maximum atomic E-state index is 12.0. The third-order valence-electron chi connectivity index (χ3n) is 3.22. The van der Waals surface area contributed by atoms with Crippen LogP contribution in [0.1, 0.15) is 12.8 Å². The van der Waals surface area contributed by atoms with Crippen LogP contribution in [0.2, 0.25) is 10.0 Å². The molecule has 130 valence electrons. The maximum Gasteiger partial charge on any atom is 0.321 e. The Morgan fingerprint density at radius 1 is 1.12 bits per heavy atom. The van der Waals surface area contributed by atoms with Gasteiger partial charge in [-0.25, -0.2) is 4.79 Å². The number of hydrogen-bond acceptors (Lipinski definition) is 4. The second kappa shape index (κ2) is 8.32. The second-order valence-electron chi connectivity index (χ2n) is 5.61. The third-order valence-corrected chi connectivity index (χ3v) is 3.85. The van der Waals surface area contributed by atoms with Crippen LogP contribution in [0.15, 0.2) is 18.2 Å². The molecular weight excluding hydrogens is 355 g/mol. The van der Waals surface area contributed by atoms with Crippen LogP contribution in [-0.2, 0) is 9.59 Å². The zero-order valence-electron chi connectivity index (χ0n) is 13.1. The highest BCUT2D eigenvalue weighted by atomic mass is 35.5. The number of nitrogens with one attached hydrogen (secondary N) is 3. The van der Waals surface area contributed by atoms with E-state index in [4.69, 9.17) is 23.2 Å². The van der Waals surface area contributed by atoms with Crippen LogP contribution in [0, 0.1) is 0 Å². The van der Waals surface area contributed by atoms with Crippen molar-refractivity contribution in [3.05, 3.63) is 28.2 Å². The van der Waals surface area contributed by atoms with Gasteiger partial charge in [-0.2, -0.15) is 0 Å². The number of imide groups is 1. The van der Waals surface area contributed by atoms with Gasteiger partial charge in [0.15, 0.2) is 0 Å². The summed E-state index contributed by atoms with van der Waals surface area (Å²) < 4.78 is 0. The van der Waals surface area contributed by atoms with Crippen molar-refractivity contribution in [1.82, 2.24) is 15.5 Å². The van der Waals surface area contributed by atoms with E-state index in [1.54, 1.807) is 25.2 Å². The van der Waals surface area contributed by atoms with Crippen LogP contribution in [-0.4, -0.2) is 48.9 Å². The summed E-state index contributed by atoms with van der Waals surface area (Å²) in [7, 11) is 1.59. The van der Waals surface area contributed by atoms with E-state index in [0.717, 1.165) is 12.8 Å². The van der Waals surface area contributed by atoms with E-state index >= 15 is 0 Å². The fraction of sp³-hybridized carbons (Fsp3) is 0.400. The molecule has 0 unspecified atom stereocenters. The van der Waals surface area contributed by atoms with E-state index in [1.165, 1.54) is 4.90 Å². The minimum atomic E-state index is -0.511. The lowest BCUT2D eigenvalue weighted by Gasteiger charge is -2.16. The van der Waals surface area contributed by atoms with Crippen LogP contribution < -0.4 is 16.0 Å². The van der Waals surface area contributed by atoms with Crippen molar-refractivity contribution < 1.29 is 14.4 Å². The summed E-state index contributed by atoms with van der Waals surface area (Å²) in [6.07, 6.45) is 1.87. The summed E-state index contributed by atoms with van der Waals surface area (Å²) in [4.78, 5) is 36.7. The molecule has 0 bridgehead atoms. The van der Waals surface area contributed by atoms with Gasteiger partial charge in [0.2, 0.25) is 11.8 Å². The van der Waals surface area contributed by atoms with Gasteiger partial charge in [0.25, 0.3) is 0 Å². The van der Waals surface area contributed by atoms with Gasteiger partial charge >= 0.3 is 6.03 Å². The Labute approximate surface area is 149 Å². The molecule has 0 aliphatic heterocycles. The van der Waals surface area contributed by atoms with Crippen molar-refractivity contribution in [1.29, 1.82) is 0 Å². The zero-order valence-corrected chi connectivity index (χ0v) is 14.6. The Hall–Kier alpha value is -1.83. The monoisotopic (exact) mass is 372 g/mol. The molecule has 1 fully saturated rings. The first-order chi connectivity index (χ1) is 11.3. The lowest BCUT2D eigenvalue weighted by atomic mass is 10.3. The number of likely N-dealkylation sites (N-methyl/N-ethyl adjacent to an activating group) is 1. The topological polar surface area (TPSA) is 90.5 Å². The van der Waals surface area contributed by atoms with E-state index in [0.29, 0.717) is 15.7 Å². The highest BCUT2D eigenvalue weighted by molar-refractivity contribution is 6.39. The van der Waals surface area contributed by atoms with E-state index in [2.05, 4.69) is 16.0 Å². The molecule has 1 aromatic rings. The number of para-hydroxylation sites is 1. The molecule has 1 aliphatic rings. The van der Waals surface area contributed by atoms with Gasteiger partial charge in [0, 0.05) is 6.04 Å². The quantitative estimate of drug-likeness (QED) is 0.710. The molecule has 24 heavy (non-hydrogen) atoms. The average molecular weight is 373 g/mol. The summed E-state index contributed by atoms with van der Waals surface area (Å²) in [5.74, 6) is -0.859. The molecule has 1 aliphatic carbocycles. The highest BCUT2D eigenvalue weighted by Gasteiger charge is 2.24. The SMILES string of the molecule is CN(CC(=O)NC(=O)NC1CC1)CC(=O)Nc1c(Cl)cccc1Cl. The number of nitrogens with zero attached hydrogens (tertiary/aromatic N) is 1. The number of rotatable bonds is 6.